The average molecular weight is 189 g/mol. The number of fused-ring (bicyclic) bond motifs is 1. The van der Waals surface area contributed by atoms with Gasteiger partial charge in [0, 0.05) is 12.0 Å². The Balaban J connectivity index is 2.58. The predicted octanol–water partition coefficient (Wildman–Crippen LogP) is 2.55. The molecule has 1 aromatic carbocycles. The first kappa shape index (κ1) is 9.72. The van der Waals surface area contributed by atoms with E-state index in [2.05, 4.69) is 32.0 Å². The van der Waals surface area contributed by atoms with E-state index >= 15 is 0 Å². The molecule has 1 heteroatoms. The van der Waals surface area contributed by atoms with E-state index < -0.39 is 0 Å². The Morgan fingerprint density at radius 1 is 1.43 bits per heavy atom. The highest BCUT2D eigenvalue weighted by molar-refractivity contribution is 5.42. The Kier molecular flexibility index (Phi) is 2.36. The van der Waals surface area contributed by atoms with Crippen molar-refractivity contribution in [3.63, 3.8) is 0 Å². The van der Waals surface area contributed by atoms with E-state index in [0.29, 0.717) is 0 Å². The van der Waals surface area contributed by atoms with Crippen LogP contribution < -0.4 is 5.73 Å². The van der Waals surface area contributed by atoms with Gasteiger partial charge in [-0.3, -0.25) is 0 Å². The molecular weight excluding hydrogens is 170 g/mol. The van der Waals surface area contributed by atoms with Crippen LogP contribution in [0.3, 0.4) is 0 Å². The summed E-state index contributed by atoms with van der Waals surface area (Å²) in [6.45, 7) is 5.28. The summed E-state index contributed by atoms with van der Waals surface area (Å²) in [5.74, 6) is 0. The summed E-state index contributed by atoms with van der Waals surface area (Å²) < 4.78 is 0. The monoisotopic (exact) mass is 189 g/mol. The van der Waals surface area contributed by atoms with Crippen molar-refractivity contribution >= 4 is 0 Å². The molecule has 2 N–H and O–H groups in total. The van der Waals surface area contributed by atoms with Crippen molar-refractivity contribution in [2.75, 3.05) is 6.54 Å². The van der Waals surface area contributed by atoms with Crippen molar-refractivity contribution in [3.8, 4) is 0 Å². The third-order valence-corrected chi connectivity index (χ3v) is 3.59. The van der Waals surface area contributed by atoms with Gasteiger partial charge in [-0.25, -0.2) is 0 Å². The maximum Gasteiger partial charge on any atom is 0.00527 e. The van der Waals surface area contributed by atoms with Crippen LogP contribution in [0.25, 0.3) is 0 Å². The van der Waals surface area contributed by atoms with Crippen LogP contribution in [-0.2, 0) is 11.8 Å². The largest absolute Gasteiger partial charge is 0.330 e. The summed E-state index contributed by atoms with van der Waals surface area (Å²) >= 11 is 0. The molecule has 76 valence electrons. The van der Waals surface area contributed by atoms with E-state index in [1.807, 2.05) is 0 Å². The Morgan fingerprint density at radius 3 is 2.93 bits per heavy atom. The van der Waals surface area contributed by atoms with Crippen molar-refractivity contribution in [3.05, 3.63) is 34.9 Å². The normalized spacial score (nSPS) is 25.9. The maximum absolute atomic E-state index is 5.92. The minimum Gasteiger partial charge on any atom is -0.330 e. The summed E-state index contributed by atoms with van der Waals surface area (Å²) in [7, 11) is 0. The van der Waals surface area contributed by atoms with E-state index in [0.717, 1.165) is 6.54 Å². The zero-order chi connectivity index (χ0) is 10.2. The molecule has 0 fully saturated rings. The van der Waals surface area contributed by atoms with E-state index in [4.69, 9.17) is 5.73 Å². The molecule has 0 amide bonds. The lowest BCUT2D eigenvalue weighted by atomic mass is 9.70. The fraction of sp³-hybridized carbons (Fsp3) is 0.538. The standard InChI is InChI=1S/C13H19N/c1-10-5-3-6-11-7-4-8-13(2,9-14)12(10)11/h3,5-6H,4,7-9,14H2,1-2H3. The van der Waals surface area contributed by atoms with Gasteiger partial charge in [-0.05, 0) is 42.9 Å². The summed E-state index contributed by atoms with van der Waals surface area (Å²) in [4.78, 5) is 0. The van der Waals surface area contributed by atoms with Crippen LogP contribution in [-0.4, -0.2) is 6.54 Å². The molecule has 0 spiro atoms. The maximum atomic E-state index is 5.92. The molecule has 1 nitrogen and oxygen atoms in total. The first-order valence-corrected chi connectivity index (χ1v) is 5.46. The van der Waals surface area contributed by atoms with Crippen LogP contribution >= 0.6 is 0 Å². The summed E-state index contributed by atoms with van der Waals surface area (Å²) in [6.07, 6.45) is 3.75. The smallest absolute Gasteiger partial charge is 0.00527 e. The molecule has 1 atom stereocenters. The number of rotatable bonds is 1. The van der Waals surface area contributed by atoms with Crippen LogP contribution in [0.2, 0.25) is 0 Å². The van der Waals surface area contributed by atoms with Crippen molar-refractivity contribution < 1.29 is 0 Å². The third kappa shape index (κ3) is 1.36. The lowest BCUT2D eigenvalue weighted by molar-refractivity contribution is 0.402. The molecule has 0 aromatic heterocycles. The molecule has 1 unspecified atom stereocenters. The molecule has 0 saturated heterocycles. The number of benzene rings is 1. The van der Waals surface area contributed by atoms with Gasteiger partial charge in [-0.2, -0.15) is 0 Å². The Morgan fingerprint density at radius 2 is 2.21 bits per heavy atom. The van der Waals surface area contributed by atoms with Gasteiger partial charge in [0.2, 0.25) is 0 Å². The lowest BCUT2D eigenvalue weighted by Gasteiger charge is -2.36. The molecule has 0 heterocycles. The van der Waals surface area contributed by atoms with Gasteiger partial charge in [0.05, 0.1) is 0 Å². The molecule has 1 aliphatic carbocycles. The molecule has 14 heavy (non-hydrogen) atoms. The predicted molar refractivity (Wildman–Crippen MR) is 60.5 cm³/mol. The Labute approximate surface area is 86.3 Å². The van der Waals surface area contributed by atoms with Crippen LogP contribution in [0.4, 0.5) is 0 Å². The highest BCUT2D eigenvalue weighted by Gasteiger charge is 2.31. The second-order valence-electron chi connectivity index (χ2n) is 4.73. The molecule has 1 aliphatic rings. The van der Waals surface area contributed by atoms with E-state index in [1.54, 1.807) is 0 Å². The third-order valence-electron chi connectivity index (χ3n) is 3.59. The molecule has 2 rings (SSSR count). The molecular formula is C13H19N. The van der Waals surface area contributed by atoms with Crippen LogP contribution in [0.15, 0.2) is 18.2 Å². The summed E-state index contributed by atoms with van der Waals surface area (Å²) in [5, 5.41) is 0. The van der Waals surface area contributed by atoms with Gasteiger partial charge in [0.25, 0.3) is 0 Å². The molecule has 1 aromatic rings. The zero-order valence-corrected chi connectivity index (χ0v) is 9.14. The fourth-order valence-electron chi connectivity index (χ4n) is 2.80. The van der Waals surface area contributed by atoms with Crippen LogP contribution in [0.5, 0.6) is 0 Å². The summed E-state index contributed by atoms with van der Waals surface area (Å²) in [6, 6.07) is 6.63. The van der Waals surface area contributed by atoms with Gasteiger partial charge < -0.3 is 5.73 Å². The van der Waals surface area contributed by atoms with Crippen molar-refractivity contribution in [2.45, 2.75) is 38.5 Å². The van der Waals surface area contributed by atoms with Gasteiger partial charge in [-0.1, -0.05) is 25.1 Å². The summed E-state index contributed by atoms with van der Waals surface area (Å²) in [5.41, 5.74) is 10.6. The van der Waals surface area contributed by atoms with Crippen LogP contribution in [0, 0.1) is 6.92 Å². The zero-order valence-electron chi connectivity index (χ0n) is 9.14. The van der Waals surface area contributed by atoms with Gasteiger partial charge in [-0.15, -0.1) is 0 Å². The minimum absolute atomic E-state index is 0.221. The molecule has 0 bridgehead atoms. The number of nitrogens with two attached hydrogens (primary N) is 1. The quantitative estimate of drug-likeness (QED) is 0.722. The first-order chi connectivity index (χ1) is 6.67. The highest BCUT2D eigenvalue weighted by atomic mass is 14.6. The number of hydrogen-bond acceptors (Lipinski definition) is 1. The Hall–Kier alpha value is -0.820. The van der Waals surface area contributed by atoms with Crippen molar-refractivity contribution in [1.29, 1.82) is 0 Å². The van der Waals surface area contributed by atoms with Gasteiger partial charge >= 0.3 is 0 Å². The number of hydrogen-bond donors (Lipinski definition) is 1. The second kappa shape index (κ2) is 3.39. The van der Waals surface area contributed by atoms with E-state index in [-0.39, 0.29) is 5.41 Å². The molecule has 0 radical (unpaired) electrons. The SMILES string of the molecule is Cc1cccc2c1C(C)(CN)CCC2. The molecule has 0 aliphatic heterocycles. The van der Waals surface area contributed by atoms with E-state index in [9.17, 15) is 0 Å². The van der Waals surface area contributed by atoms with Crippen LogP contribution in [0.1, 0.15) is 36.5 Å². The average Bonchev–Trinajstić information content (AvgIpc) is 2.18. The van der Waals surface area contributed by atoms with Crippen molar-refractivity contribution in [2.24, 2.45) is 5.73 Å². The van der Waals surface area contributed by atoms with Gasteiger partial charge in [0.1, 0.15) is 0 Å². The first-order valence-electron chi connectivity index (χ1n) is 5.46. The lowest BCUT2D eigenvalue weighted by Crippen LogP contribution is -2.36. The van der Waals surface area contributed by atoms with E-state index in [1.165, 1.54) is 36.0 Å². The minimum atomic E-state index is 0.221. The second-order valence-corrected chi connectivity index (χ2v) is 4.73. The Bertz CT molecular complexity index is 343. The van der Waals surface area contributed by atoms with Crippen molar-refractivity contribution in [1.82, 2.24) is 0 Å². The van der Waals surface area contributed by atoms with Gasteiger partial charge in [0.15, 0.2) is 0 Å². The highest BCUT2D eigenvalue weighted by Crippen LogP contribution is 2.38. The molecule has 0 saturated carbocycles. The topological polar surface area (TPSA) is 26.0 Å². The number of aryl methyl sites for hydroxylation is 2. The fourth-order valence-corrected chi connectivity index (χ4v) is 2.80.